The summed E-state index contributed by atoms with van der Waals surface area (Å²) < 4.78 is 0. The Kier molecular flexibility index (Phi) is 3.28. The smallest absolute Gasteiger partial charge is 0.213 e. The Bertz CT molecular complexity index is 309. The van der Waals surface area contributed by atoms with E-state index >= 15 is 0 Å². The molecule has 0 saturated carbocycles. The summed E-state index contributed by atoms with van der Waals surface area (Å²) in [5, 5.41) is 8.36. The molecule has 0 bridgehead atoms. The van der Waals surface area contributed by atoms with Crippen LogP contribution in [0.3, 0.4) is 0 Å². The van der Waals surface area contributed by atoms with Crippen molar-refractivity contribution in [3.05, 3.63) is 35.4 Å². The highest BCUT2D eigenvalue weighted by Gasteiger charge is 1.91. The van der Waals surface area contributed by atoms with Gasteiger partial charge in [0.2, 0.25) is 5.96 Å². The lowest BCUT2D eigenvalue weighted by Gasteiger charge is -1.99. The molecule has 0 amide bonds. The largest absolute Gasteiger partial charge is 0.368 e. The Morgan fingerprint density at radius 1 is 1.62 bits per heavy atom. The summed E-state index contributed by atoms with van der Waals surface area (Å²) in [7, 11) is 0. The molecule has 13 heavy (non-hydrogen) atoms. The summed E-state index contributed by atoms with van der Waals surface area (Å²) >= 11 is 0. The molecule has 0 saturated heterocycles. The van der Waals surface area contributed by atoms with Crippen LogP contribution in [0.5, 0.6) is 0 Å². The fourth-order valence-electron chi connectivity index (χ4n) is 1.02. The first-order chi connectivity index (χ1) is 6.22. The standard InChI is InChI=1S/C9H13N3O/c1-7-3-2-4-8(5-7)6-11-9(10)12-13/h2-5,13H,6H2,1H3,(H3,10,11,12). The van der Waals surface area contributed by atoms with Crippen molar-refractivity contribution in [3.63, 3.8) is 0 Å². The zero-order valence-electron chi connectivity index (χ0n) is 7.49. The summed E-state index contributed by atoms with van der Waals surface area (Å²) in [6.07, 6.45) is 0. The predicted octanol–water partition coefficient (Wildman–Crippen LogP) is 0.789. The molecule has 0 spiro atoms. The van der Waals surface area contributed by atoms with E-state index in [1.54, 1.807) is 5.48 Å². The van der Waals surface area contributed by atoms with E-state index in [-0.39, 0.29) is 5.96 Å². The number of nitrogens with two attached hydrogens (primary N) is 1. The van der Waals surface area contributed by atoms with Gasteiger partial charge in [0, 0.05) is 0 Å². The second kappa shape index (κ2) is 4.47. The van der Waals surface area contributed by atoms with Gasteiger partial charge >= 0.3 is 0 Å². The van der Waals surface area contributed by atoms with Crippen molar-refractivity contribution in [1.82, 2.24) is 5.48 Å². The number of nitrogens with one attached hydrogen (secondary N) is 1. The number of hydroxylamine groups is 1. The highest BCUT2D eigenvalue weighted by atomic mass is 16.5. The van der Waals surface area contributed by atoms with E-state index in [1.807, 2.05) is 31.2 Å². The Balaban J connectivity index is 2.64. The summed E-state index contributed by atoms with van der Waals surface area (Å²) in [5.41, 5.74) is 9.28. The van der Waals surface area contributed by atoms with Gasteiger partial charge < -0.3 is 5.73 Å². The van der Waals surface area contributed by atoms with Gasteiger partial charge in [0.1, 0.15) is 0 Å². The molecule has 0 unspecified atom stereocenters. The lowest BCUT2D eigenvalue weighted by molar-refractivity contribution is 0.232. The Morgan fingerprint density at radius 2 is 2.38 bits per heavy atom. The van der Waals surface area contributed by atoms with Crippen LogP contribution >= 0.6 is 0 Å². The van der Waals surface area contributed by atoms with Gasteiger partial charge in [0.15, 0.2) is 0 Å². The van der Waals surface area contributed by atoms with Gasteiger partial charge in [-0.05, 0) is 12.5 Å². The number of hydrogen-bond donors (Lipinski definition) is 3. The first kappa shape index (κ1) is 9.54. The quantitative estimate of drug-likeness (QED) is 0.357. The summed E-state index contributed by atoms with van der Waals surface area (Å²) in [5.74, 6) is 0.0292. The highest BCUT2D eigenvalue weighted by molar-refractivity contribution is 5.76. The molecule has 0 radical (unpaired) electrons. The summed E-state index contributed by atoms with van der Waals surface area (Å²) in [6.45, 7) is 2.49. The highest BCUT2D eigenvalue weighted by Crippen LogP contribution is 2.04. The third-order valence-electron chi connectivity index (χ3n) is 1.63. The van der Waals surface area contributed by atoms with Crippen molar-refractivity contribution in [2.45, 2.75) is 13.5 Å². The number of benzene rings is 1. The van der Waals surface area contributed by atoms with Crippen molar-refractivity contribution in [3.8, 4) is 0 Å². The Hall–Kier alpha value is -1.55. The molecular formula is C9H13N3O. The number of aryl methyl sites for hydroxylation is 1. The lowest BCUT2D eigenvalue weighted by atomic mass is 10.1. The third kappa shape index (κ3) is 3.13. The molecule has 0 aliphatic rings. The molecule has 1 rings (SSSR count). The second-order valence-corrected chi connectivity index (χ2v) is 2.80. The normalized spacial score (nSPS) is 11.4. The minimum atomic E-state index is 0.0292. The van der Waals surface area contributed by atoms with Crippen LogP contribution < -0.4 is 11.2 Å². The molecule has 1 aromatic carbocycles. The van der Waals surface area contributed by atoms with E-state index in [2.05, 4.69) is 4.99 Å². The molecule has 0 aromatic heterocycles. The molecule has 4 nitrogen and oxygen atoms in total. The number of aliphatic imine (C=N–C) groups is 1. The monoisotopic (exact) mass is 179 g/mol. The first-order valence-corrected chi connectivity index (χ1v) is 3.98. The molecule has 0 atom stereocenters. The fraction of sp³-hybridized carbons (Fsp3) is 0.222. The number of rotatable bonds is 2. The molecule has 70 valence electrons. The Morgan fingerprint density at radius 3 is 3.00 bits per heavy atom. The molecule has 0 fully saturated rings. The van der Waals surface area contributed by atoms with Crippen LogP contribution in [0.2, 0.25) is 0 Å². The van der Waals surface area contributed by atoms with Crippen LogP contribution in [0.15, 0.2) is 29.3 Å². The average Bonchev–Trinajstić information content (AvgIpc) is 2.14. The zero-order chi connectivity index (χ0) is 9.68. The van der Waals surface area contributed by atoms with Crippen molar-refractivity contribution in [1.29, 1.82) is 0 Å². The molecule has 0 heterocycles. The number of hydrogen-bond acceptors (Lipinski definition) is 2. The summed E-state index contributed by atoms with van der Waals surface area (Å²) in [4.78, 5) is 3.89. The van der Waals surface area contributed by atoms with Gasteiger partial charge in [-0.15, -0.1) is 0 Å². The van der Waals surface area contributed by atoms with Crippen LogP contribution in [0, 0.1) is 6.92 Å². The first-order valence-electron chi connectivity index (χ1n) is 3.98. The molecule has 4 N–H and O–H groups in total. The SMILES string of the molecule is Cc1cccc(CN=C(N)NO)c1. The van der Waals surface area contributed by atoms with E-state index in [1.165, 1.54) is 5.56 Å². The van der Waals surface area contributed by atoms with Crippen LogP contribution in [-0.2, 0) is 6.54 Å². The molecule has 1 aromatic rings. The van der Waals surface area contributed by atoms with E-state index in [0.29, 0.717) is 6.54 Å². The van der Waals surface area contributed by atoms with Crippen molar-refractivity contribution in [2.24, 2.45) is 10.7 Å². The summed E-state index contributed by atoms with van der Waals surface area (Å²) in [6, 6.07) is 7.96. The van der Waals surface area contributed by atoms with Crippen molar-refractivity contribution >= 4 is 5.96 Å². The maximum absolute atomic E-state index is 8.36. The lowest BCUT2D eigenvalue weighted by Crippen LogP contribution is -2.28. The minimum Gasteiger partial charge on any atom is -0.368 e. The van der Waals surface area contributed by atoms with Crippen LogP contribution in [0.25, 0.3) is 0 Å². The van der Waals surface area contributed by atoms with Crippen LogP contribution in [0.1, 0.15) is 11.1 Å². The van der Waals surface area contributed by atoms with E-state index in [4.69, 9.17) is 10.9 Å². The van der Waals surface area contributed by atoms with Crippen molar-refractivity contribution in [2.75, 3.05) is 0 Å². The number of nitrogens with zero attached hydrogens (tertiary/aromatic N) is 1. The maximum atomic E-state index is 8.36. The van der Waals surface area contributed by atoms with Gasteiger partial charge in [-0.2, -0.15) is 0 Å². The molecule has 4 heteroatoms. The fourth-order valence-corrected chi connectivity index (χ4v) is 1.02. The molecule has 0 aliphatic carbocycles. The van der Waals surface area contributed by atoms with Crippen molar-refractivity contribution < 1.29 is 5.21 Å². The van der Waals surface area contributed by atoms with Gasteiger partial charge in [0.05, 0.1) is 6.54 Å². The maximum Gasteiger partial charge on any atom is 0.213 e. The van der Waals surface area contributed by atoms with Crippen LogP contribution in [0.4, 0.5) is 0 Å². The molecule has 0 aliphatic heterocycles. The predicted molar refractivity (Wildman–Crippen MR) is 51.4 cm³/mol. The Labute approximate surface area is 77.1 Å². The van der Waals surface area contributed by atoms with E-state index in [9.17, 15) is 0 Å². The van der Waals surface area contributed by atoms with Gasteiger partial charge in [-0.1, -0.05) is 29.8 Å². The average molecular weight is 179 g/mol. The minimum absolute atomic E-state index is 0.0292. The van der Waals surface area contributed by atoms with Gasteiger partial charge in [-0.3, -0.25) is 5.21 Å². The molecular weight excluding hydrogens is 166 g/mol. The zero-order valence-corrected chi connectivity index (χ0v) is 7.49. The van der Waals surface area contributed by atoms with Gasteiger partial charge in [-0.25, -0.2) is 10.5 Å². The number of guanidine groups is 1. The topological polar surface area (TPSA) is 70.6 Å². The third-order valence-corrected chi connectivity index (χ3v) is 1.63. The van der Waals surface area contributed by atoms with Gasteiger partial charge in [0.25, 0.3) is 0 Å². The second-order valence-electron chi connectivity index (χ2n) is 2.80. The van der Waals surface area contributed by atoms with E-state index < -0.39 is 0 Å². The van der Waals surface area contributed by atoms with E-state index in [0.717, 1.165) is 5.56 Å². The van der Waals surface area contributed by atoms with Crippen LogP contribution in [-0.4, -0.2) is 11.2 Å².